The number of aliphatic hydroxyl groups is 2. The Morgan fingerprint density at radius 1 is 0.923 bits per heavy atom. The summed E-state index contributed by atoms with van der Waals surface area (Å²) in [6.45, 7) is 0. The highest BCUT2D eigenvalue weighted by atomic mass is 16.3. The molecule has 0 saturated heterocycles. The van der Waals surface area contributed by atoms with Crippen LogP contribution < -0.4 is 5.73 Å². The molecule has 0 radical (unpaired) electrons. The molecule has 4 rings (SSSR count). The Hall–Kier alpha value is -0.120. The molecule has 0 heterocycles. The maximum atomic E-state index is 10.2. The smallest absolute Gasteiger partial charge is 0.0681 e. The third-order valence-electron chi connectivity index (χ3n) is 4.32. The summed E-state index contributed by atoms with van der Waals surface area (Å²) in [4.78, 5) is 0. The van der Waals surface area contributed by atoms with E-state index in [2.05, 4.69) is 0 Å². The number of hydrogen-bond donors (Lipinski definition) is 3. The van der Waals surface area contributed by atoms with Gasteiger partial charge in [-0.1, -0.05) is 0 Å². The summed E-state index contributed by atoms with van der Waals surface area (Å²) in [5, 5.41) is 20.3. The fourth-order valence-corrected chi connectivity index (χ4v) is 4.09. The van der Waals surface area contributed by atoms with E-state index in [1.807, 2.05) is 0 Å². The average molecular weight is 183 g/mol. The highest BCUT2D eigenvalue weighted by Crippen LogP contribution is 2.56. The van der Waals surface area contributed by atoms with Gasteiger partial charge in [0.05, 0.1) is 11.2 Å². The molecule has 4 aliphatic rings. The SMILES string of the molecule is NC1C2CC3(O)CC1CC(O)(C2)C3. The molecule has 0 spiro atoms. The van der Waals surface area contributed by atoms with Gasteiger partial charge in [0.1, 0.15) is 0 Å². The number of hydrogen-bond acceptors (Lipinski definition) is 3. The fraction of sp³-hybridized carbons (Fsp3) is 1.00. The number of nitrogens with two attached hydrogens (primary N) is 1. The van der Waals surface area contributed by atoms with Crippen molar-refractivity contribution in [3.8, 4) is 0 Å². The normalized spacial score (nSPS) is 64.4. The second-order valence-corrected chi connectivity index (χ2v) is 5.54. The minimum absolute atomic E-state index is 0.223. The van der Waals surface area contributed by atoms with Crippen LogP contribution in [-0.4, -0.2) is 27.5 Å². The molecule has 0 aromatic heterocycles. The van der Waals surface area contributed by atoms with Crippen LogP contribution in [0.15, 0.2) is 0 Å². The van der Waals surface area contributed by atoms with Crippen molar-refractivity contribution >= 4 is 0 Å². The first kappa shape index (κ1) is 8.21. The lowest BCUT2D eigenvalue weighted by molar-refractivity contribution is -0.204. The van der Waals surface area contributed by atoms with Gasteiger partial charge < -0.3 is 15.9 Å². The van der Waals surface area contributed by atoms with Crippen molar-refractivity contribution < 1.29 is 10.2 Å². The zero-order valence-electron chi connectivity index (χ0n) is 7.74. The molecule has 4 fully saturated rings. The van der Waals surface area contributed by atoms with E-state index >= 15 is 0 Å². The van der Waals surface area contributed by atoms with Crippen LogP contribution in [0.5, 0.6) is 0 Å². The first-order valence-corrected chi connectivity index (χ1v) is 5.20. The molecule has 13 heavy (non-hydrogen) atoms. The van der Waals surface area contributed by atoms with Gasteiger partial charge in [0.2, 0.25) is 0 Å². The standard InChI is InChI=1S/C10H17NO2/c11-8-6-1-9(12)3-7(8)4-10(13,2-6)5-9/h6-8,12-13H,1-5,11H2. The minimum Gasteiger partial charge on any atom is -0.390 e. The van der Waals surface area contributed by atoms with Gasteiger partial charge in [-0.25, -0.2) is 0 Å². The molecule has 74 valence electrons. The highest BCUT2D eigenvalue weighted by molar-refractivity contribution is 5.13. The van der Waals surface area contributed by atoms with Gasteiger partial charge in [-0.15, -0.1) is 0 Å². The van der Waals surface area contributed by atoms with Crippen molar-refractivity contribution in [2.24, 2.45) is 17.6 Å². The molecule has 0 unspecified atom stereocenters. The zero-order valence-corrected chi connectivity index (χ0v) is 7.74. The summed E-state index contributed by atoms with van der Waals surface area (Å²) < 4.78 is 0. The van der Waals surface area contributed by atoms with Crippen molar-refractivity contribution in [3.63, 3.8) is 0 Å². The van der Waals surface area contributed by atoms with Crippen molar-refractivity contribution in [1.82, 2.24) is 0 Å². The molecule has 3 heteroatoms. The van der Waals surface area contributed by atoms with E-state index in [9.17, 15) is 10.2 Å². The third-order valence-corrected chi connectivity index (χ3v) is 4.32. The van der Waals surface area contributed by atoms with E-state index in [1.54, 1.807) is 0 Å². The van der Waals surface area contributed by atoms with Crippen LogP contribution in [0.25, 0.3) is 0 Å². The Balaban J connectivity index is 1.99. The lowest BCUT2D eigenvalue weighted by Crippen LogP contribution is -2.65. The Morgan fingerprint density at radius 2 is 1.31 bits per heavy atom. The minimum atomic E-state index is -0.587. The molecule has 0 aromatic carbocycles. The fourth-order valence-electron chi connectivity index (χ4n) is 4.09. The molecule has 4 saturated carbocycles. The van der Waals surface area contributed by atoms with Gasteiger partial charge in [0, 0.05) is 12.5 Å². The topological polar surface area (TPSA) is 66.5 Å². The van der Waals surface area contributed by atoms with E-state index < -0.39 is 11.2 Å². The Morgan fingerprint density at radius 3 is 1.69 bits per heavy atom. The molecule has 0 amide bonds. The van der Waals surface area contributed by atoms with E-state index in [4.69, 9.17) is 5.73 Å². The first-order chi connectivity index (χ1) is 6.00. The molecule has 4 N–H and O–H groups in total. The Labute approximate surface area is 77.9 Å². The monoisotopic (exact) mass is 183 g/mol. The molecular formula is C10H17NO2. The summed E-state index contributed by atoms with van der Waals surface area (Å²) in [6, 6.07) is 0.223. The van der Waals surface area contributed by atoms with Gasteiger partial charge >= 0.3 is 0 Å². The van der Waals surface area contributed by atoms with Crippen LogP contribution in [0.2, 0.25) is 0 Å². The summed E-state index contributed by atoms with van der Waals surface area (Å²) in [5.41, 5.74) is 4.89. The summed E-state index contributed by atoms with van der Waals surface area (Å²) in [6.07, 6.45) is 3.83. The molecule has 0 aliphatic heterocycles. The van der Waals surface area contributed by atoms with Crippen LogP contribution in [0, 0.1) is 11.8 Å². The van der Waals surface area contributed by atoms with Crippen molar-refractivity contribution in [2.75, 3.05) is 0 Å². The van der Waals surface area contributed by atoms with Crippen LogP contribution in [0.4, 0.5) is 0 Å². The predicted octanol–water partition coefficient (Wildman–Crippen LogP) is -0.000400. The van der Waals surface area contributed by atoms with E-state index in [0.29, 0.717) is 18.3 Å². The van der Waals surface area contributed by atoms with Crippen LogP contribution >= 0.6 is 0 Å². The van der Waals surface area contributed by atoms with Crippen molar-refractivity contribution in [2.45, 2.75) is 49.3 Å². The molecule has 0 atom stereocenters. The van der Waals surface area contributed by atoms with E-state index in [1.165, 1.54) is 0 Å². The van der Waals surface area contributed by atoms with Crippen LogP contribution in [-0.2, 0) is 0 Å². The molecular weight excluding hydrogens is 166 g/mol. The predicted molar refractivity (Wildman–Crippen MR) is 47.9 cm³/mol. The average Bonchev–Trinajstić information content (AvgIpc) is 1.94. The largest absolute Gasteiger partial charge is 0.390 e. The van der Waals surface area contributed by atoms with E-state index in [-0.39, 0.29) is 6.04 Å². The maximum Gasteiger partial charge on any atom is 0.0681 e. The van der Waals surface area contributed by atoms with E-state index in [0.717, 1.165) is 25.7 Å². The maximum absolute atomic E-state index is 10.2. The Kier molecular flexibility index (Phi) is 1.33. The van der Waals surface area contributed by atoms with Gasteiger partial charge in [-0.3, -0.25) is 0 Å². The van der Waals surface area contributed by atoms with Crippen LogP contribution in [0.1, 0.15) is 32.1 Å². The van der Waals surface area contributed by atoms with Gasteiger partial charge in [-0.05, 0) is 37.5 Å². The van der Waals surface area contributed by atoms with Gasteiger partial charge in [0.15, 0.2) is 0 Å². The second-order valence-electron chi connectivity index (χ2n) is 5.54. The molecule has 0 aromatic rings. The second kappa shape index (κ2) is 2.10. The zero-order chi connectivity index (χ0) is 9.27. The lowest BCUT2D eigenvalue weighted by Gasteiger charge is -2.60. The first-order valence-electron chi connectivity index (χ1n) is 5.20. The molecule has 4 bridgehead atoms. The molecule has 3 nitrogen and oxygen atoms in total. The lowest BCUT2D eigenvalue weighted by atomic mass is 9.50. The quantitative estimate of drug-likeness (QED) is 0.495. The van der Waals surface area contributed by atoms with Gasteiger partial charge in [-0.2, -0.15) is 0 Å². The highest BCUT2D eigenvalue weighted by Gasteiger charge is 2.59. The molecule has 4 aliphatic carbocycles. The van der Waals surface area contributed by atoms with Crippen molar-refractivity contribution in [1.29, 1.82) is 0 Å². The summed E-state index contributed by atoms with van der Waals surface area (Å²) in [7, 11) is 0. The summed E-state index contributed by atoms with van der Waals surface area (Å²) in [5.74, 6) is 0.715. The Bertz CT molecular complexity index is 217. The summed E-state index contributed by atoms with van der Waals surface area (Å²) >= 11 is 0. The van der Waals surface area contributed by atoms with Gasteiger partial charge in [0.25, 0.3) is 0 Å². The third kappa shape index (κ3) is 1.01. The van der Waals surface area contributed by atoms with Crippen LogP contribution in [0.3, 0.4) is 0 Å². The number of rotatable bonds is 0. The van der Waals surface area contributed by atoms with Crippen molar-refractivity contribution in [3.05, 3.63) is 0 Å².